The first-order valence-electron chi connectivity index (χ1n) is 5.70. The van der Waals surface area contributed by atoms with E-state index >= 15 is 0 Å². The van der Waals surface area contributed by atoms with E-state index in [1.165, 1.54) is 7.11 Å². The van der Waals surface area contributed by atoms with Crippen LogP contribution in [0.2, 0.25) is 0 Å². The van der Waals surface area contributed by atoms with Gasteiger partial charge in [0, 0.05) is 19.6 Å². The third-order valence-corrected chi connectivity index (χ3v) is 2.69. The fourth-order valence-electron chi connectivity index (χ4n) is 1.77. The zero-order valence-corrected chi connectivity index (χ0v) is 10.4. The third kappa shape index (κ3) is 4.17. The van der Waals surface area contributed by atoms with E-state index in [4.69, 9.17) is 10.5 Å². The minimum Gasteiger partial charge on any atom is -0.469 e. The largest absolute Gasteiger partial charge is 0.469 e. The quantitative estimate of drug-likeness (QED) is 0.743. The molecule has 4 nitrogen and oxygen atoms in total. The zero-order chi connectivity index (χ0) is 12.7. The number of carbonyl (C=O) groups excluding carboxylic acids is 1. The number of nitrogens with two attached hydrogens (primary N) is 1. The van der Waals surface area contributed by atoms with Crippen molar-refractivity contribution >= 4 is 5.97 Å². The average Bonchev–Trinajstić information content (AvgIpc) is 2.36. The third-order valence-electron chi connectivity index (χ3n) is 2.69. The van der Waals surface area contributed by atoms with E-state index in [0.29, 0.717) is 13.1 Å². The van der Waals surface area contributed by atoms with Crippen LogP contribution in [0, 0.1) is 0 Å². The second kappa shape index (κ2) is 7.04. The van der Waals surface area contributed by atoms with Crippen LogP contribution in [0.15, 0.2) is 30.3 Å². The lowest BCUT2D eigenvalue weighted by atomic mass is 9.99. The van der Waals surface area contributed by atoms with Crippen LogP contribution in [0.1, 0.15) is 11.5 Å². The number of methoxy groups -OCH3 is 1. The van der Waals surface area contributed by atoms with Gasteiger partial charge in [0.05, 0.1) is 13.0 Å². The Labute approximate surface area is 102 Å². The average molecular weight is 236 g/mol. The van der Waals surface area contributed by atoms with Crippen LogP contribution in [0.25, 0.3) is 0 Å². The van der Waals surface area contributed by atoms with Gasteiger partial charge in [0.1, 0.15) is 0 Å². The summed E-state index contributed by atoms with van der Waals surface area (Å²) in [5, 5.41) is 0. The molecular formula is C13H20N2O2. The van der Waals surface area contributed by atoms with Crippen LogP contribution >= 0.6 is 0 Å². The molecule has 1 atom stereocenters. The lowest BCUT2D eigenvalue weighted by molar-refractivity contribution is -0.142. The number of rotatable bonds is 6. The van der Waals surface area contributed by atoms with Crippen molar-refractivity contribution in [1.29, 1.82) is 0 Å². The molecule has 0 aliphatic rings. The second-order valence-electron chi connectivity index (χ2n) is 4.04. The first-order chi connectivity index (χ1) is 8.19. The van der Waals surface area contributed by atoms with E-state index in [0.717, 1.165) is 12.1 Å². The van der Waals surface area contributed by atoms with Crippen LogP contribution < -0.4 is 5.73 Å². The van der Waals surface area contributed by atoms with Crippen LogP contribution in [-0.2, 0) is 9.53 Å². The predicted molar refractivity (Wildman–Crippen MR) is 67.8 cm³/mol. The topological polar surface area (TPSA) is 55.6 Å². The molecule has 0 heterocycles. The van der Waals surface area contributed by atoms with Crippen molar-refractivity contribution in [2.75, 3.05) is 33.8 Å². The summed E-state index contributed by atoms with van der Waals surface area (Å²) in [4.78, 5) is 13.8. The molecule has 17 heavy (non-hydrogen) atoms. The molecule has 0 saturated carbocycles. The van der Waals surface area contributed by atoms with E-state index in [1.54, 1.807) is 0 Å². The van der Waals surface area contributed by atoms with Gasteiger partial charge in [-0.15, -0.1) is 0 Å². The molecule has 0 amide bonds. The Hall–Kier alpha value is -1.39. The van der Waals surface area contributed by atoms with E-state index in [1.807, 2.05) is 42.3 Å². The van der Waals surface area contributed by atoms with E-state index < -0.39 is 0 Å². The molecule has 1 unspecified atom stereocenters. The molecule has 0 bridgehead atoms. The van der Waals surface area contributed by atoms with Crippen LogP contribution in [0.4, 0.5) is 0 Å². The Morgan fingerprint density at radius 2 is 2.06 bits per heavy atom. The molecule has 1 aromatic carbocycles. The highest BCUT2D eigenvalue weighted by molar-refractivity contribution is 5.78. The second-order valence-corrected chi connectivity index (χ2v) is 4.04. The molecule has 0 aromatic heterocycles. The molecule has 0 aliphatic heterocycles. The minimum atomic E-state index is -0.252. The van der Waals surface area contributed by atoms with Crippen molar-refractivity contribution in [2.45, 2.75) is 5.92 Å². The molecule has 94 valence electrons. The van der Waals surface area contributed by atoms with Crippen molar-refractivity contribution in [2.24, 2.45) is 5.73 Å². The first-order valence-corrected chi connectivity index (χ1v) is 5.70. The predicted octanol–water partition coefficient (Wildman–Crippen LogP) is 0.834. The SMILES string of the molecule is COC(=O)C(CN(C)CCN)c1ccccc1. The van der Waals surface area contributed by atoms with Crippen molar-refractivity contribution in [3.8, 4) is 0 Å². The van der Waals surface area contributed by atoms with Crippen molar-refractivity contribution in [3.63, 3.8) is 0 Å². The summed E-state index contributed by atoms with van der Waals surface area (Å²) in [6, 6.07) is 9.67. The fraction of sp³-hybridized carbons (Fsp3) is 0.462. The standard InChI is InChI=1S/C13H20N2O2/c1-15(9-8-14)10-12(13(16)17-2)11-6-4-3-5-7-11/h3-7,12H,8-10,14H2,1-2H3. The smallest absolute Gasteiger partial charge is 0.314 e. The summed E-state index contributed by atoms with van der Waals surface area (Å²) in [5.41, 5.74) is 6.47. The number of ether oxygens (including phenoxy) is 1. The summed E-state index contributed by atoms with van der Waals surface area (Å²) in [7, 11) is 3.37. The summed E-state index contributed by atoms with van der Waals surface area (Å²) < 4.78 is 4.85. The van der Waals surface area contributed by atoms with Crippen molar-refractivity contribution in [1.82, 2.24) is 4.90 Å². The highest BCUT2D eigenvalue weighted by Gasteiger charge is 2.22. The number of esters is 1. The number of hydrogen-bond donors (Lipinski definition) is 1. The molecule has 1 aromatic rings. The molecular weight excluding hydrogens is 216 g/mol. The maximum atomic E-state index is 11.8. The fourth-order valence-corrected chi connectivity index (χ4v) is 1.77. The van der Waals surface area contributed by atoms with Gasteiger partial charge in [0.15, 0.2) is 0 Å². The summed E-state index contributed by atoms with van der Waals surface area (Å²) in [5.74, 6) is -0.460. The lowest BCUT2D eigenvalue weighted by Gasteiger charge is -2.22. The molecule has 1 rings (SSSR count). The van der Waals surface area contributed by atoms with Gasteiger partial charge in [-0.1, -0.05) is 30.3 Å². The number of carbonyl (C=O) groups is 1. The van der Waals surface area contributed by atoms with Gasteiger partial charge in [0.25, 0.3) is 0 Å². The van der Waals surface area contributed by atoms with Gasteiger partial charge in [-0.05, 0) is 12.6 Å². The Kier molecular flexibility index (Phi) is 5.66. The highest BCUT2D eigenvalue weighted by atomic mass is 16.5. The molecule has 4 heteroatoms. The van der Waals surface area contributed by atoms with Gasteiger partial charge >= 0.3 is 5.97 Å². The van der Waals surface area contributed by atoms with Crippen LogP contribution in [-0.4, -0.2) is 44.7 Å². The molecule has 0 radical (unpaired) electrons. The van der Waals surface area contributed by atoms with Crippen molar-refractivity contribution < 1.29 is 9.53 Å². The van der Waals surface area contributed by atoms with Crippen LogP contribution in [0.3, 0.4) is 0 Å². The van der Waals surface area contributed by atoms with Gasteiger partial charge in [-0.3, -0.25) is 4.79 Å². The monoisotopic (exact) mass is 236 g/mol. The zero-order valence-electron chi connectivity index (χ0n) is 10.4. The Morgan fingerprint density at radius 3 is 2.59 bits per heavy atom. The number of likely N-dealkylation sites (N-methyl/N-ethyl adjacent to an activating group) is 1. The highest BCUT2D eigenvalue weighted by Crippen LogP contribution is 2.18. The van der Waals surface area contributed by atoms with Gasteiger partial charge in [-0.25, -0.2) is 0 Å². The van der Waals surface area contributed by atoms with Crippen molar-refractivity contribution in [3.05, 3.63) is 35.9 Å². The summed E-state index contributed by atoms with van der Waals surface area (Å²) >= 11 is 0. The first kappa shape index (κ1) is 13.7. The van der Waals surface area contributed by atoms with E-state index in [2.05, 4.69) is 0 Å². The van der Waals surface area contributed by atoms with Crippen LogP contribution in [0.5, 0.6) is 0 Å². The van der Waals surface area contributed by atoms with E-state index in [9.17, 15) is 4.79 Å². The minimum absolute atomic E-state index is 0.208. The Morgan fingerprint density at radius 1 is 1.41 bits per heavy atom. The Bertz CT molecular complexity index is 341. The van der Waals surface area contributed by atoms with E-state index in [-0.39, 0.29) is 11.9 Å². The maximum Gasteiger partial charge on any atom is 0.314 e. The Balaban J connectivity index is 2.78. The molecule has 0 aliphatic carbocycles. The number of nitrogens with zero attached hydrogens (tertiary/aromatic N) is 1. The normalized spacial score (nSPS) is 12.5. The summed E-state index contributed by atoms with van der Waals surface area (Å²) in [6.45, 7) is 1.97. The number of benzene rings is 1. The molecule has 0 saturated heterocycles. The maximum absolute atomic E-state index is 11.8. The van der Waals surface area contributed by atoms with Gasteiger partial charge in [-0.2, -0.15) is 0 Å². The molecule has 2 N–H and O–H groups in total. The van der Waals surface area contributed by atoms with Gasteiger partial charge < -0.3 is 15.4 Å². The lowest BCUT2D eigenvalue weighted by Crippen LogP contribution is -2.33. The van der Waals surface area contributed by atoms with Gasteiger partial charge in [0.2, 0.25) is 0 Å². The molecule has 0 fully saturated rings. The summed E-state index contributed by atoms with van der Waals surface area (Å²) in [6.07, 6.45) is 0. The number of hydrogen-bond acceptors (Lipinski definition) is 4. The molecule has 0 spiro atoms.